The predicted octanol–water partition coefficient (Wildman–Crippen LogP) is 1.69. The molecule has 0 saturated heterocycles. The van der Waals surface area contributed by atoms with Crippen molar-refractivity contribution >= 4 is 11.6 Å². The van der Waals surface area contributed by atoms with Crippen LogP contribution >= 0.6 is 11.6 Å². The lowest BCUT2D eigenvalue weighted by atomic mass is 10.1. The van der Waals surface area contributed by atoms with Gasteiger partial charge in [0.05, 0.1) is 12.0 Å². The van der Waals surface area contributed by atoms with Gasteiger partial charge in [-0.15, -0.1) is 11.6 Å². The lowest BCUT2D eigenvalue weighted by Gasteiger charge is -2.07. The minimum absolute atomic E-state index is 0.180. The van der Waals surface area contributed by atoms with E-state index in [0.717, 1.165) is 5.56 Å². The van der Waals surface area contributed by atoms with Crippen LogP contribution in [0.2, 0.25) is 0 Å². The maximum absolute atomic E-state index is 9.43. The Hall–Kier alpha value is -0.930. The molecule has 1 aliphatic heterocycles. The molecule has 13 heavy (non-hydrogen) atoms. The molecule has 1 aromatic carbocycles. The van der Waals surface area contributed by atoms with E-state index in [2.05, 4.69) is 0 Å². The summed E-state index contributed by atoms with van der Waals surface area (Å²) in [5, 5.41) is 9.43. The normalized spacial score (nSPS) is 15.8. The van der Waals surface area contributed by atoms with Gasteiger partial charge >= 0.3 is 0 Å². The summed E-state index contributed by atoms with van der Waals surface area (Å²) in [4.78, 5) is 0. The Bertz CT molecular complexity index is 314. The maximum atomic E-state index is 9.43. The highest BCUT2D eigenvalue weighted by molar-refractivity contribution is 6.18. The number of aliphatic hydroxyl groups excluding tert-OH is 1. The van der Waals surface area contributed by atoms with Crippen molar-refractivity contribution in [3.63, 3.8) is 0 Å². The zero-order valence-electron chi connectivity index (χ0n) is 6.87. The highest BCUT2D eigenvalue weighted by Crippen LogP contribution is 2.34. The molecule has 1 atom stereocenters. The van der Waals surface area contributed by atoms with Crippen molar-refractivity contribution in [3.05, 3.63) is 23.8 Å². The summed E-state index contributed by atoms with van der Waals surface area (Å²) in [6, 6.07) is 5.30. The fourth-order valence-electron chi connectivity index (χ4n) is 1.21. The first-order valence-electron chi connectivity index (χ1n) is 3.95. The second-order valence-corrected chi connectivity index (χ2v) is 3.09. The van der Waals surface area contributed by atoms with Crippen LogP contribution in [0.15, 0.2) is 18.2 Å². The van der Waals surface area contributed by atoms with Gasteiger partial charge in [-0.05, 0) is 17.7 Å². The molecular formula is C9H9ClO3. The highest BCUT2D eigenvalue weighted by atomic mass is 35.5. The first-order chi connectivity index (χ1) is 6.31. The monoisotopic (exact) mass is 200 g/mol. The van der Waals surface area contributed by atoms with Crippen molar-refractivity contribution in [3.8, 4) is 11.5 Å². The van der Waals surface area contributed by atoms with Crippen LogP contribution in [0.1, 0.15) is 11.7 Å². The number of benzene rings is 1. The minimum atomic E-state index is -0.642. The number of hydrogen-bond donors (Lipinski definition) is 1. The number of ether oxygens (including phenoxy) is 2. The molecule has 0 amide bonds. The molecule has 0 bridgehead atoms. The van der Waals surface area contributed by atoms with Crippen molar-refractivity contribution < 1.29 is 14.6 Å². The Morgan fingerprint density at radius 1 is 1.38 bits per heavy atom. The second-order valence-electron chi connectivity index (χ2n) is 2.78. The molecule has 0 spiro atoms. The van der Waals surface area contributed by atoms with Crippen molar-refractivity contribution in [1.29, 1.82) is 0 Å². The average Bonchev–Trinajstić information content (AvgIpc) is 2.63. The van der Waals surface area contributed by atoms with Crippen molar-refractivity contribution in [1.82, 2.24) is 0 Å². The number of rotatable bonds is 2. The molecule has 2 rings (SSSR count). The molecule has 1 aromatic rings. The molecule has 1 aliphatic rings. The van der Waals surface area contributed by atoms with Gasteiger partial charge in [-0.25, -0.2) is 0 Å². The van der Waals surface area contributed by atoms with Crippen molar-refractivity contribution in [2.24, 2.45) is 0 Å². The summed E-state index contributed by atoms with van der Waals surface area (Å²) in [6.45, 7) is 0.246. The zero-order valence-corrected chi connectivity index (χ0v) is 7.62. The van der Waals surface area contributed by atoms with Crippen LogP contribution in [0.4, 0.5) is 0 Å². The lowest BCUT2D eigenvalue weighted by Crippen LogP contribution is -1.97. The van der Waals surface area contributed by atoms with Crippen LogP contribution in [0.5, 0.6) is 11.5 Å². The van der Waals surface area contributed by atoms with Crippen LogP contribution in [-0.4, -0.2) is 17.8 Å². The molecule has 0 saturated carbocycles. The number of halogens is 1. The minimum Gasteiger partial charge on any atom is -0.454 e. The van der Waals surface area contributed by atoms with E-state index in [1.807, 2.05) is 0 Å². The zero-order chi connectivity index (χ0) is 9.26. The van der Waals surface area contributed by atoms with E-state index < -0.39 is 6.10 Å². The Balaban J connectivity index is 2.30. The molecule has 3 nitrogen and oxygen atoms in total. The average molecular weight is 201 g/mol. The van der Waals surface area contributed by atoms with Crippen LogP contribution in [0, 0.1) is 0 Å². The summed E-state index contributed by atoms with van der Waals surface area (Å²) in [5.41, 5.74) is 0.749. The van der Waals surface area contributed by atoms with E-state index in [4.69, 9.17) is 21.1 Å². The van der Waals surface area contributed by atoms with Gasteiger partial charge in [0.2, 0.25) is 6.79 Å². The van der Waals surface area contributed by atoms with Crippen molar-refractivity contribution in [2.75, 3.05) is 12.7 Å². The van der Waals surface area contributed by atoms with Gasteiger partial charge in [0, 0.05) is 0 Å². The van der Waals surface area contributed by atoms with Gasteiger partial charge in [-0.3, -0.25) is 0 Å². The Labute approximate surface area is 80.8 Å². The first-order valence-corrected chi connectivity index (χ1v) is 4.48. The quantitative estimate of drug-likeness (QED) is 0.739. The van der Waals surface area contributed by atoms with Gasteiger partial charge < -0.3 is 14.6 Å². The third-order valence-electron chi connectivity index (χ3n) is 1.93. The van der Waals surface area contributed by atoms with Crippen LogP contribution in [0.3, 0.4) is 0 Å². The molecule has 1 N–H and O–H groups in total. The molecule has 4 heteroatoms. The molecule has 0 aromatic heterocycles. The Morgan fingerprint density at radius 3 is 2.92 bits per heavy atom. The van der Waals surface area contributed by atoms with E-state index >= 15 is 0 Å². The van der Waals surface area contributed by atoms with Crippen LogP contribution < -0.4 is 9.47 Å². The standard InChI is InChI=1S/C9H9ClO3/c10-4-7(11)6-1-2-8-9(3-6)13-5-12-8/h1-3,7,11H,4-5H2/t7-/m0/s1. The Morgan fingerprint density at radius 2 is 2.15 bits per heavy atom. The topological polar surface area (TPSA) is 38.7 Å². The molecule has 70 valence electrons. The second kappa shape index (κ2) is 3.44. The van der Waals surface area contributed by atoms with Gasteiger partial charge in [0.15, 0.2) is 11.5 Å². The third-order valence-corrected chi connectivity index (χ3v) is 2.22. The predicted molar refractivity (Wildman–Crippen MR) is 48.2 cm³/mol. The van der Waals surface area contributed by atoms with Gasteiger partial charge in [-0.2, -0.15) is 0 Å². The summed E-state index contributed by atoms with van der Waals surface area (Å²) < 4.78 is 10.3. The highest BCUT2D eigenvalue weighted by Gasteiger charge is 2.15. The van der Waals surface area contributed by atoms with Gasteiger partial charge in [-0.1, -0.05) is 6.07 Å². The number of fused-ring (bicyclic) bond motifs is 1. The van der Waals surface area contributed by atoms with Crippen LogP contribution in [-0.2, 0) is 0 Å². The van der Waals surface area contributed by atoms with E-state index in [1.165, 1.54) is 0 Å². The maximum Gasteiger partial charge on any atom is 0.231 e. The van der Waals surface area contributed by atoms with Crippen LogP contribution in [0.25, 0.3) is 0 Å². The number of aliphatic hydroxyl groups is 1. The summed E-state index contributed by atoms with van der Waals surface area (Å²) in [7, 11) is 0. The molecule has 0 fully saturated rings. The summed E-state index contributed by atoms with van der Waals surface area (Å²) in [5.74, 6) is 1.56. The smallest absolute Gasteiger partial charge is 0.231 e. The molecular weight excluding hydrogens is 192 g/mol. The fourth-order valence-corrected chi connectivity index (χ4v) is 1.39. The lowest BCUT2D eigenvalue weighted by molar-refractivity contribution is 0.173. The molecule has 0 radical (unpaired) electrons. The van der Waals surface area contributed by atoms with Crippen molar-refractivity contribution in [2.45, 2.75) is 6.10 Å². The number of hydrogen-bond acceptors (Lipinski definition) is 3. The van der Waals surface area contributed by atoms with E-state index in [0.29, 0.717) is 11.5 Å². The van der Waals surface area contributed by atoms with Gasteiger partial charge in [0.25, 0.3) is 0 Å². The van der Waals surface area contributed by atoms with Gasteiger partial charge in [0.1, 0.15) is 0 Å². The first kappa shape index (κ1) is 8.66. The summed E-state index contributed by atoms with van der Waals surface area (Å²) in [6.07, 6.45) is -0.642. The molecule has 0 aliphatic carbocycles. The number of alkyl halides is 1. The van der Waals surface area contributed by atoms with E-state index in [9.17, 15) is 5.11 Å². The summed E-state index contributed by atoms with van der Waals surface area (Å²) >= 11 is 5.52. The Kier molecular flexibility index (Phi) is 2.29. The third kappa shape index (κ3) is 1.57. The molecule has 0 unspecified atom stereocenters. The molecule has 1 heterocycles. The largest absolute Gasteiger partial charge is 0.454 e. The SMILES string of the molecule is O[C@@H](CCl)c1ccc2c(c1)OCO2. The fraction of sp³-hybridized carbons (Fsp3) is 0.333. The van der Waals surface area contributed by atoms with E-state index in [-0.39, 0.29) is 12.7 Å². The van der Waals surface area contributed by atoms with E-state index in [1.54, 1.807) is 18.2 Å².